The largest absolute Gasteiger partial charge is 0.496 e. The Kier molecular flexibility index (Phi) is 4.84. The smallest absolute Gasteiger partial charge is 0.341 e. The van der Waals surface area contributed by atoms with Gasteiger partial charge < -0.3 is 20.1 Å². The van der Waals surface area contributed by atoms with Gasteiger partial charge in [-0.3, -0.25) is 4.79 Å². The summed E-state index contributed by atoms with van der Waals surface area (Å²) >= 11 is 0. The molecule has 7 heteroatoms. The molecular weight excluding hydrogens is 394 g/mol. The zero-order chi connectivity index (χ0) is 22.5. The van der Waals surface area contributed by atoms with Crippen molar-refractivity contribution < 1.29 is 14.6 Å². The van der Waals surface area contributed by atoms with Crippen molar-refractivity contribution in [3.05, 3.63) is 64.1 Å². The fraction of sp³-hybridized carbons (Fsp3) is 0.292. The topological polar surface area (TPSA) is 107 Å². The maximum atomic E-state index is 12.5. The number of ether oxygens (including phenoxy) is 1. The fourth-order valence-electron chi connectivity index (χ4n) is 4.21. The lowest BCUT2D eigenvalue weighted by molar-refractivity contribution is 0.0693. The Bertz CT molecular complexity index is 1240. The molecule has 1 aliphatic heterocycles. The molecule has 0 bridgehead atoms. The van der Waals surface area contributed by atoms with Gasteiger partial charge >= 0.3 is 5.97 Å². The molecule has 1 atom stereocenters. The number of aromatic nitrogens is 2. The Labute approximate surface area is 180 Å². The molecule has 160 valence electrons. The predicted octanol–water partition coefficient (Wildman–Crippen LogP) is 4.01. The molecule has 2 aromatic heterocycles. The van der Waals surface area contributed by atoms with Crippen LogP contribution in [0.3, 0.4) is 0 Å². The third-order valence-corrected chi connectivity index (χ3v) is 5.86. The van der Waals surface area contributed by atoms with Crippen LogP contribution < -0.4 is 15.9 Å². The monoisotopic (exact) mass is 419 g/mol. The Morgan fingerprint density at radius 2 is 1.97 bits per heavy atom. The molecular formula is C24H25N3O4. The highest BCUT2D eigenvalue weighted by molar-refractivity contribution is 5.88. The summed E-state index contributed by atoms with van der Waals surface area (Å²) in [7, 11) is 1.59. The van der Waals surface area contributed by atoms with Crippen molar-refractivity contribution in [2.75, 3.05) is 12.8 Å². The Balaban J connectivity index is 1.99. The highest BCUT2D eigenvalue weighted by Crippen LogP contribution is 2.45. The summed E-state index contributed by atoms with van der Waals surface area (Å²) in [6.45, 7) is 6.33. The molecule has 1 unspecified atom stereocenters. The number of hydrogen-bond acceptors (Lipinski definition) is 5. The maximum Gasteiger partial charge on any atom is 0.341 e. The number of nitrogen functional groups attached to an aromatic ring is 1. The number of methoxy groups -OCH3 is 1. The molecule has 3 heterocycles. The minimum Gasteiger partial charge on any atom is -0.496 e. The average molecular weight is 419 g/mol. The fourth-order valence-corrected chi connectivity index (χ4v) is 4.21. The molecule has 4 rings (SSSR count). The molecule has 0 fully saturated rings. The molecule has 7 nitrogen and oxygen atoms in total. The number of nitrogens with zero attached hydrogens (tertiary/aromatic N) is 2. The second-order valence-corrected chi connectivity index (χ2v) is 8.92. The van der Waals surface area contributed by atoms with Gasteiger partial charge in [0.2, 0.25) is 0 Å². The van der Waals surface area contributed by atoms with Crippen molar-refractivity contribution in [2.45, 2.75) is 33.2 Å². The third-order valence-electron chi connectivity index (χ3n) is 5.86. The van der Waals surface area contributed by atoms with Crippen LogP contribution in [0.1, 0.15) is 42.7 Å². The number of carboxylic acid groups (broad SMARTS) is 1. The number of anilines is 1. The summed E-state index contributed by atoms with van der Waals surface area (Å²) in [5.41, 5.74) is 9.22. The molecule has 0 saturated carbocycles. The van der Waals surface area contributed by atoms with Crippen LogP contribution in [0.4, 0.5) is 5.82 Å². The molecule has 3 aromatic rings. The van der Waals surface area contributed by atoms with Crippen LogP contribution >= 0.6 is 0 Å². The van der Waals surface area contributed by atoms with E-state index in [4.69, 9.17) is 10.5 Å². The van der Waals surface area contributed by atoms with Crippen LogP contribution in [0.25, 0.3) is 22.4 Å². The first-order chi connectivity index (χ1) is 14.6. The van der Waals surface area contributed by atoms with E-state index in [9.17, 15) is 14.7 Å². The number of rotatable bonds is 3. The lowest BCUT2D eigenvalue weighted by Gasteiger charge is -2.39. The quantitative estimate of drug-likeness (QED) is 0.664. The number of carboxylic acids is 1. The minimum atomic E-state index is -1.22. The maximum absolute atomic E-state index is 12.5. The van der Waals surface area contributed by atoms with Crippen LogP contribution in [0.15, 0.2) is 47.5 Å². The molecule has 0 saturated heterocycles. The SMILES string of the molecule is COc1cc2c(cc1-c1ccc(N)nc1)CC(C(C)(C)C)n1cc(C(=O)O)c(=O)cc1-2. The van der Waals surface area contributed by atoms with E-state index in [1.165, 1.54) is 12.3 Å². The van der Waals surface area contributed by atoms with E-state index >= 15 is 0 Å². The summed E-state index contributed by atoms with van der Waals surface area (Å²) in [5.74, 6) is -0.139. The summed E-state index contributed by atoms with van der Waals surface area (Å²) in [6, 6.07) is 9.01. The zero-order valence-electron chi connectivity index (χ0n) is 18.0. The van der Waals surface area contributed by atoms with Gasteiger partial charge in [-0.15, -0.1) is 0 Å². The van der Waals surface area contributed by atoms with E-state index in [1.807, 2.05) is 16.7 Å². The van der Waals surface area contributed by atoms with Gasteiger partial charge in [0.15, 0.2) is 5.43 Å². The molecule has 1 aliphatic rings. The molecule has 3 N–H and O–H groups in total. The van der Waals surface area contributed by atoms with Gasteiger partial charge in [0.05, 0.1) is 12.8 Å². The predicted molar refractivity (Wildman–Crippen MR) is 119 cm³/mol. The highest BCUT2D eigenvalue weighted by atomic mass is 16.5. The summed E-state index contributed by atoms with van der Waals surface area (Å²) < 4.78 is 7.58. The second kappa shape index (κ2) is 7.27. The standard InChI is InChI=1S/C24H25N3O4/c1-24(2,3)21-8-14-7-16(13-5-6-22(25)26-11-13)20(31-4)9-15(14)18-10-19(28)17(23(29)30)12-27(18)21/h5-7,9-12,21H,8H2,1-4H3,(H2,25,26)(H,29,30). The number of benzene rings is 1. The zero-order valence-corrected chi connectivity index (χ0v) is 18.0. The average Bonchev–Trinajstić information content (AvgIpc) is 2.71. The summed E-state index contributed by atoms with van der Waals surface area (Å²) in [5, 5.41) is 9.47. The Morgan fingerprint density at radius 3 is 2.55 bits per heavy atom. The van der Waals surface area contributed by atoms with Crippen molar-refractivity contribution in [1.29, 1.82) is 0 Å². The summed E-state index contributed by atoms with van der Waals surface area (Å²) in [6.07, 6.45) is 3.87. The van der Waals surface area contributed by atoms with Crippen molar-refractivity contribution in [3.8, 4) is 28.1 Å². The second-order valence-electron chi connectivity index (χ2n) is 8.92. The van der Waals surface area contributed by atoms with Gasteiger partial charge in [-0.05, 0) is 41.7 Å². The number of pyridine rings is 2. The van der Waals surface area contributed by atoms with Gasteiger partial charge in [0, 0.05) is 41.2 Å². The van der Waals surface area contributed by atoms with Gasteiger partial charge in [-0.1, -0.05) is 20.8 Å². The number of fused-ring (bicyclic) bond motifs is 3. The lowest BCUT2D eigenvalue weighted by Crippen LogP contribution is -2.32. The molecule has 31 heavy (non-hydrogen) atoms. The van der Waals surface area contributed by atoms with E-state index < -0.39 is 11.4 Å². The summed E-state index contributed by atoms with van der Waals surface area (Å²) in [4.78, 5) is 28.3. The lowest BCUT2D eigenvalue weighted by atomic mass is 9.78. The van der Waals surface area contributed by atoms with E-state index in [1.54, 1.807) is 19.4 Å². The number of carbonyl (C=O) groups is 1. The third kappa shape index (κ3) is 3.56. The van der Waals surface area contributed by atoms with Crippen LogP contribution in [0, 0.1) is 5.41 Å². The van der Waals surface area contributed by atoms with Crippen LogP contribution in [0.5, 0.6) is 5.75 Å². The van der Waals surface area contributed by atoms with E-state index in [0.717, 1.165) is 22.3 Å². The van der Waals surface area contributed by atoms with Crippen LogP contribution in [0.2, 0.25) is 0 Å². The van der Waals surface area contributed by atoms with Crippen molar-refractivity contribution in [3.63, 3.8) is 0 Å². The van der Waals surface area contributed by atoms with Crippen LogP contribution in [-0.4, -0.2) is 27.7 Å². The van der Waals surface area contributed by atoms with Gasteiger partial charge in [0.1, 0.15) is 17.1 Å². The van der Waals surface area contributed by atoms with Gasteiger partial charge in [0.25, 0.3) is 0 Å². The molecule has 0 spiro atoms. The van der Waals surface area contributed by atoms with E-state index in [2.05, 4.69) is 31.8 Å². The van der Waals surface area contributed by atoms with E-state index in [0.29, 0.717) is 23.7 Å². The molecule has 0 aliphatic carbocycles. The normalized spacial score (nSPS) is 15.2. The molecule has 1 aromatic carbocycles. The van der Waals surface area contributed by atoms with Crippen molar-refractivity contribution in [2.24, 2.45) is 5.41 Å². The highest BCUT2D eigenvalue weighted by Gasteiger charge is 2.34. The Hall–Kier alpha value is -3.61. The van der Waals surface area contributed by atoms with Gasteiger partial charge in [-0.25, -0.2) is 9.78 Å². The first kappa shape index (κ1) is 20.7. The molecule has 0 amide bonds. The number of hydrogen-bond donors (Lipinski definition) is 2. The number of aromatic carboxylic acids is 1. The first-order valence-electron chi connectivity index (χ1n) is 10.0. The first-order valence-corrected chi connectivity index (χ1v) is 10.0. The van der Waals surface area contributed by atoms with Crippen molar-refractivity contribution >= 4 is 11.8 Å². The van der Waals surface area contributed by atoms with E-state index in [-0.39, 0.29) is 17.0 Å². The van der Waals surface area contributed by atoms with Crippen molar-refractivity contribution in [1.82, 2.24) is 9.55 Å². The van der Waals surface area contributed by atoms with Crippen LogP contribution in [-0.2, 0) is 6.42 Å². The minimum absolute atomic E-state index is 0.0283. The number of nitrogens with two attached hydrogens (primary N) is 1. The van der Waals surface area contributed by atoms with Gasteiger partial charge in [-0.2, -0.15) is 0 Å². The Morgan fingerprint density at radius 1 is 1.23 bits per heavy atom. The molecule has 0 radical (unpaired) electrons.